The number of carbonyl (C=O) groups excluding carboxylic acids is 2. The van der Waals surface area contributed by atoms with Crippen LogP contribution in [0.2, 0.25) is 0 Å². The highest BCUT2D eigenvalue weighted by molar-refractivity contribution is 14.1. The van der Waals surface area contributed by atoms with Crippen molar-refractivity contribution in [3.05, 3.63) is 31.8 Å². The maximum absolute atomic E-state index is 12.3. The average molecular weight is 408 g/mol. The zero-order valence-corrected chi connectivity index (χ0v) is 13.0. The highest BCUT2D eigenvalue weighted by atomic mass is 127. The normalized spacial score (nSPS) is 19.8. The maximum Gasteiger partial charge on any atom is 0.261 e. The van der Waals surface area contributed by atoms with E-state index >= 15 is 0 Å². The van der Waals surface area contributed by atoms with Crippen LogP contribution in [0.5, 0.6) is 0 Å². The largest absolute Gasteiger partial charge is 0.278 e. The summed E-state index contributed by atoms with van der Waals surface area (Å²) in [6, 6.07) is 5.51. The lowest BCUT2D eigenvalue weighted by Crippen LogP contribution is -2.32. The van der Waals surface area contributed by atoms with Gasteiger partial charge in [0.05, 0.1) is 5.56 Å². The van der Waals surface area contributed by atoms with Gasteiger partial charge in [0, 0.05) is 21.0 Å². The number of hydrogen-bond acceptors (Lipinski definition) is 2. The van der Waals surface area contributed by atoms with Crippen molar-refractivity contribution in [2.75, 3.05) is 6.54 Å². The van der Waals surface area contributed by atoms with Crippen LogP contribution in [0.4, 0.5) is 0 Å². The Bertz CT molecular complexity index is 489. The van der Waals surface area contributed by atoms with Gasteiger partial charge >= 0.3 is 0 Å². The fourth-order valence-electron chi connectivity index (χ4n) is 1.89. The minimum Gasteiger partial charge on any atom is -0.278 e. The van der Waals surface area contributed by atoms with Crippen molar-refractivity contribution in [2.45, 2.75) is 13.3 Å². The molecule has 1 saturated heterocycles. The van der Waals surface area contributed by atoms with Crippen molar-refractivity contribution < 1.29 is 9.59 Å². The number of likely N-dealkylation sites (tertiary alicyclic amines) is 1. The van der Waals surface area contributed by atoms with Crippen LogP contribution in [-0.2, 0) is 4.79 Å². The maximum atomic E-state index is 12.3. The quantitative estimate of drug-likeness (QED) is 0.530. The molecule has 0 aliphatic carbocycles. The Morgan fingerprint density at radius 3 is 2.82 bits per heavy atom. The van der Waals surface area contributed by atoms with Gasteiger partial charge in [-0.2, -0.15) is 0 Å². The monoisotopic (exact) mass is 407 g/mol. The fraction of sp³-hybridized carbons (Fsp3) is 0.333. The zero-order valence-electron chi connectivity index (χ0n) is 9.24. The van der Waals surface area contributed by atoms with E-state index in [9.17, 15) is 9.59 Å². The van der Waals surface area contributed by atoms with Crippen molar-refractivity contribution in [3.63, 3.8) is 0 Å². The second-order valence-electron chi connectivity index (χ2n) is 4.24. The second kappa shape index (κ2) is 5.06. The number of hydrogen-bond donors (Lipinski definition) is 0. The van der Waals surface area contributed by atoms with Gasteiger partial charge in [-0.1, -0.05) is 22.9 Å². The molecule has 2 rings (SSSR count). The van der Waals surface area contributed by atoms with Crippen molar-refractivity contribution in [2.24, 2.45) is 5.92 Å². The molecule has 1 unspecified atom stereocenters. The van der Waals surface area contributed by atoms with Gasteiger partial charge in [0.2, 0.25) is 5.91 Å². The third kappa shape index (κ3) is 2.70. The number of imide groups is 1. The predicted molar refractivity (Wildman–Crippen MR) is 76.7 cm³/mol. The molecule has 1 aliphatic heterocycles. The van der Waals surface area contributed by atoms with E-state index in [0.29, 0.717) is 18.5 Å². The molecule has 3 nitrogen and oxygen atoms in total. The summed E-state index contributed by atoms with van der Waals surface area (Å²) in [6.45, 7) is 2.51. The Morgan fingerprint density at radius 1 is 1.53 bits per heavy atom. The highest BCUT2D eigenvalue weighted by Crippen LogP contribution is 2.24. The van der Waals surface area contributed by atoms with Crippen molar-refractivity contribution in [1.82, 2.24) is 4.90 Å². The van der Waals surface area contributed by atoms with Gasteiger partial charge in [-0.25, -0.2) is 0 Å². The molecule has 17 heavy (non-hydrogen) atoms. The minimum absolute atomic E-state index is 0.0710. The molecule has 0 spiro atoms. The highest BCUT2D eigenvalue weighted by Gasteiger charge is 2.32. The summed E-state index contributed by atoms with van der Waals surface area (Å²) in [5.41, 5.74) is 0.586. The molecule has 1 fully saturated rings. The molecular formula is C12H11BrINO2. The summed E-state index contributed by atoms with van der Waals surface area (Å²) in [5.74, 6) is -0.000380. The van der Waals surface area contributed by atoms with E-state index in [4.69, 9.17) is 0 Å². The first kappa shape index (κ1) is 13.0. The molecule has 1 heterocycles. The molecule has 5 heteroatoms. The molecule has 0 N–H and O–H groups in total. The van der Waals surface area contributed by atoms with Gasteiger partial charge in [0.15, 0.2) is 0 Å². The first-order chi connectivity index (χ1) is 7.99. The van der Waals surface area contributed by atoms with Crippen LogP contribution in [-0.4, -0.2) is 23.3 Å². The number of carbonyl (C=O) groups is 2. The summed E-state index contributed by atoms with van der Waals surface area (Å²) < 4.78 is 1.71. The van der Waals surface area contributed by atoms with E-state index < -0.39 is 0 Å². The number of halogens is 2. The molecular weight excluding hydrogens is 397 g/mol. The third-order valence-corrected chi connectivity index (χ3v) is 4.16. The number of nitrogens with zero attached hydrogens (tertiary/aromatic N) is 1. The second-order valence-corrected chi connectivity index (χ2v) is 6.32. The van der Waals surface area contributed by atoms with Crippen molar-refractivity contribution >= 4 is 50.3 Å². The first-order valence-corrected chi connectivity index (χ1v) is 7.16. The molecule has 0 saturated carbocycles. The van der Waals surface area contributed by atoms with Crippen LogP contribution in [0.3, 0.4) is 0 Å². The van der Waals surface area contributed by atoms with Crippen molar-refractivity contribution in [1.29, 1.82) is 0 Å². The first-order valence-electron chi connectivity index (χ1n) is 5.29. The van der Waals surface area contributed by atoms with Gasteiger partial charge in [-0.3, -0.25) is 14.5 Å². The lowest BCUT2D eigenvalue weighted by atomic mass is 10.2. The molecule has 2 amide bonds. The molecule has 1 aromatic rings. The van der Waals surface area contributed by atoms with Gasteiger partial charge in [-0.15, -0.1) is 0 Å². The lowest BCUT2D eigenvalue weighted by molar-refractivity contribution is -0.125. The number of rotatable bonds is 1. The van der Waals surface area contributed by atoms with Gasteiger partial charge in [0.25, 0.3) is 5.91 Å². The van der Waals surface area contributed by atoms with Gasteiger partial charge < -0.3 is 0 Å². The summed E-state index contributed by atoms with van der Waals surface area (Å²) >= 11 is 5.45. The van der Waals surface area contributed by atoms with Crippen LogP contribution in [0.1, 0.15) is 23.7 Å². The average Bonchev–Trinajstić information content (AvgIpc) is 2.60. The number of amides is 2. The topological polar surface area (TPSA) is 37.4 Å². The van der Waals surface area contributed by atoms with Crippen molar-refractivity contribution in [3.8, 4) is 0 Å². The Kier molecular flexibility index (Phi) is 3.87. The summed E-state index contributed by atoms with van der Waals surface area (Å²) in [7, 11) is 0. The molecule has 1 atom stereocenters. The fourth-order valence-corrected chi connectivity index (χ4v) is 2.82. The zero-order chi connectivity index (χ0) is 12.6. The molecule has 90 valence electrons. The molecule has 1 aromatic carbocycles. The molecule has 0 aromatic heterocycles. The van der Waals surface area contributed by atoms with E-state index in [1.807, 2.05) is 19.1 Å². The molecule has 0 bridgehead atoms. The SMILES string of the molecule is CC1CC(=O)N(C(=O)c2cc(Br)ccc2I)C1. The number of benzene rings is 1. The van der Waals surface area contributed by atoms with Crippen LogP contribution in [0.25, 0.3) is 0 Å². The van der Waals surface area contributed by atoms with E-state index in [2.05, 4.69) is 38.5 Å². The Balaban J connectivity index is 2.31. The smallest absolute Gasteiger partial charge is 0.261 e. The Hall–Kier alpha value is -0.430. The van der Waals surface area contributed by atoms with Crippen LogP contribution < -0.4 is 0 Å². The summed E-state index contributed by atoms with van der Waals surface area (Å²) in [4.78, 5) is 25.3. The molecule has 0 radical (unpaired) electrons. The summed E-state index contributed by atoms with van der Waals surface area (Å²) in [5, 5.41) is 0. The Morgan fingerprint density at radius 2 is 2.24 bits per heavy atom. The third-order valence-electron chi connectivity index (χ3n) is 2.72. The van der Waals surface area contributed by atoms with Crippen LogP contribution in [0.15, 0.2) is 22.7 Å². The predicted octanol–water partition coefficient (Wildman–Crippen LogP) is 3.06. The van der Waals surface area contributed by atoms with E-state index in [-0.39, 0.29) is 17.7 Å². The van der Waals surface area contributed by atoms with Gasteiger partial charge in [0.1, 0.15) is 0 Å². The minimum atomic E-state index is -0.190. The van der Waals surface area contributed by atoms with E-state index in [1.54, 1.807) is 6.07 Å². The molecule has 1 aliphatic rings. The van der Waals surface area contributed by atoms with Gasteiger partial charge in [-0.05, 0) is 46.7 Å². The van der Waals surface area contributed by atoms with Crippen LogP contribution >= 0.6 is 38.5 Å². The van der Waals surface area contributed by atoms with Crippen LogP contribution in [0, 0.1) is 9.49 Å². The lowest BCUT2D eigenvalue weighted by Gasteiger charge is -2.15. The Labute approximate surface area is 122 Å². The van der Waals surface area contributed by atoms with E-state index in [1.165, 1.54) is 4.90 Å². The summed E-state index contributed by atoms with van der Waals surface area (Å²) in [6.07, 6.45) is 0.469. The van der Waals surface area contributed by atoms with E-state index in [0.717, 1.165) is 8.04 Å². The standard InChI is InChI=1S/C12H11BrINO2/c1-7-4-11(16)15(6-7)12(17)9-5-8(13)2-3-10(9)14/h2-3,5,7H,4,6H2,1H3.